The van der Waals surface area contributed by atoms with Crippen molar-refractivity contribution >= 4 is 6.08 Å². The van der Waals surface area contributed by atoms with E-state index in [1.54, 1.807) is 7.11 Å². The van der Waals surface area contributed by atoms with Crippen molar-refractivity contribution in [1.82, 2.24) is 0 Å². The maximum atomic E-state index is 5.18. The molecule has 0 saturated carbocycles. The molecule has 2 rings (SSSR count). The van der Waals surface area contributed by atoms with Crippen molar-refractivity contribution in [2.75, 3.05) is 7.11 Å². The van der Waals surface area contributed by atoms with E-state index < -0.39 is 0 Å². The molecule has 0 aliphatic heterocycles. The van der Waals surface area contributed by atoms with Crippen molar-refractivity contribution in [3.63, 3.8) is 0 Å². The number of hydrogen-bond acceptors (Lipinski definition) is 1. The molecule has 0 bridgehead atoms. The highest BCUT2D eigenvalue weighted by atomic mass is 16.5. The molecule has 0 amide bonds. The fourth-order valence-corrected chi connectivity index (χ4v) is 2.98. The first-order valence-corrected chi connectivity index (χ1v) is 8.97. The molecule has 1 heteroatoms. The number of rotatable bonds is 8. The minimum Gasteiger partial charge on any atom is -0.497 e. The summed E-state index contributed by atoms with van der Waals surface area (Å²) in [4.78, 5) is 0. The number of benzene rings is 2. The van der Waals surface area contributed by atoms with Crippen LogP contribution in [0.15, 0.2) is 48.5 Å². The van der Waals surface area contributed by atoms with Crippen molar-refractivity contribution in [1.29, 1.82) is 0 Å². The molecule has 0 radical (unpaired) electrons. The molecule has 2 aromatic carbocycles. The van der Waals surface area contributed by atoms with Gasteiger partial charge in [0.15, 0.2) is 0 Å². The van der Waals surface area contributed by atoms with Crippen LogP contribution >= 0.6 is 0 Å². The molecule has 24 heavy (non-hydrogen) atoms. The van der Waals surface area contributed by atoms with Crippen LogP contribution in [0.5, 0.6) is 5.75 Å². The van der Waals surface area contributed by atoms with Crippen molar-refractivity contribution in [2.24, 2.45) is 5.92 Å². The van der Waals surface area contributed by atoms with Gasteiger partial charge in [0.25, 0.3) is 0 Å². The summed E-state index contributed by atoms with van der Waals surface area (Å²) >= 11 is 0. The third kappa shape index (κ3) is 5.88. The minimum atomic E-state index is 0.721. The second-order valence-corrected chi connectivity index (χ2v) is 6.93. The summed E-state index contributed by atoms with van der Waals surface area (Å²) in [6.45, 7) is 6.79. The lowest BCUT2D eigenvalue weighted by molar-refractivity contribution is 0.415. The quantitative estimate of drug-likeness (QED) is 0.523. The molecule has 0 saturated heterocycles. The normalized spacial score (nSPS) is 11.4. The van der Waals surface area contributed by atoms with Crippen molar-refractivity contribution in [3.8, 4) is 5.75 Å². The highest BCUT2D eigenvalue weighted by Crippen LogP contribution is 2.17. The van der Waals surface area contributed by atoms with E-state index in [9.17, 15) is 0 Å². The average molecular weight is 322 g/mol. The van der Waals surface area contributed by atoms with Crippen LogP contribution in [0.3, 0.4) is 0 Å². The number of hydrogen-bond donors (Lipinski definition) is 0. The van der Waals surface area contributed by atoms with E-state index in [1.165, 1.54) is 35.1 Å². The highest BCUT2D eigenvalue weighted by molar-refractivity contribution is 5.50. The fourth-order valence-electron chi connectivity index (χ4n) is 2.98. The number of aryl methyl sites for hydroxylation is 2. The van der Waals surface area contributed by atoms with Gasteiger partial charge in [-0.15, -0.1) is 0 Å². The van der Waals surface area contributed by atoms with E-state index in [0.29, 0.717) is 0 Å². The van der Waals surface area contributed by atoms with Crippen molar-refractivity contribution < 1.29 is 4.74 Å². The predicted octanol–water partition coefficient (Wildman–Crippen LogP) is 6.24. The number of allylic oxidation sites excluding steroid dienone is 1. The van der Waals surface area contributed by atoms with Gasteiger partial charge in [-0.1, -0.05) is 56.3 Å². The Morgan fingerprint density at radius 3 is 2.42 bits per heavy atom. The number of methoxy groups -OCH3 is 1. The molecule has 0 unspecified atom stereocenters. The molecule has 1 nitrogen and oxygen atoms in total. The molecule has 0 atom stereocenters. The summed E-state index contributed by atoms with van der Waals surface area (Å²) in [6, 6.07) is 15.2. The Bertz CT molecular complexity index is 650. The Labute approximate surface area is 147 Å². The number of ether oxygens (including phenoxy) is 1. The van der Waals surface area contributed by atoms with Crippen LogP contribution in [0, 0.1) is 12.8 Å². The van der Waals surface area contributed by atoms with Gasteiger partial charge in [-0.3, -0.25) is 0 Å². The van der Waals surface area contributed by atoms with Gasteiger partial charge in [0, 0.05) is 0 Å². The van der Waals surface area contributed by atoms with E-state index >= 15 is 0 Å². The highest BCUT2D eigenvalue weighted by Gasteiger charge is 2.02. The maximum absolute atomic E-state index is 5.18. The summed E-state index contributed by atoms with van der Waals surface area (Å²) < 4.78 is 5.18. The summed E-state index contributed by atoms with van der Waals surface area (Å²) in [5.41, 5.74) is 5.61. The molecule has 128 valence electrons. The molecule has 2 aromatic rings. The second kappa shape index (κ2) is 9.32. The van der Waals surface area contributed by atoms with Gasteiger partial charge in [0.2, 0.25) is 0 Å². The van der Waals surface area contributed by atoms with Crippen LogP contribution in [0.2, 0.25) is 0 Å². The monoisotopic (exact) mass is 322 g/mol. The minimum absolute atomic E-state index is 0.721. The van der Waals surface area contributed by atoms with Crippen LogP contribution in [0.25, 0.3) is 6.08 Å². The molecule has 0 aliphatic rings. The third-order valence-electron chi connectivity index (χ3n) is 4.29. The Hall–Kier alpha value is -2.02. The lowest BCUT2D eigenvalue weighted by atomic mass is 9.96. The van der Waals surface area contributed by atoms with E-state index in [2.05, 4.69) is 63.3 Å². The van der Waals surface area contributed by atoms with Gasteiger partial charge in [-0.05, 0) is 72.9 Å². The first kappa shape index (κ1) is 18.3. The van der Waals surface area contributed by atoms with Crippen LogP contribution in [0.4, 0.5) is 0 Å². The fraction of sp³-hybridized carbons (Fsp3) is 0.391. The predicted molar refractivity (Wildman–Crippen MR) is 105 cm³/mol. The first-order chi connectivity index (χ1) is 11.6. The van der Waals surface area contributed by atoms with Gasteiger partial charge in [-0.25, -0.2) is 0 Å². The lowest BCUT2D eigenvalue weighted by Crippen LogP contribution is -1.97. The zero-order chi connectivity index (χ0) is 17.4. The van der Waals surface area contributed by atoms with Gasteiger partial charge in [0.05, 0.1) is 7.11 Å². The molecule has 0 heterocycles. The average Bonchev–Trinajstić information content (AvgIpc) is 2.56. The Balaban J connectivity index is 1.80. The van der Waals surface area contributed by atoms with Crippen LogP contribution in [-0.4, -0.2) is 7.11 Å². The Morgan fingerprint density at radius 1 is 1.04 bits per heavy atom. The van der Waals surface area contributed by atoms with Gasteiger partial charge in [0.1, 0.15) is 5.75 Å². The molecule has 0 fully saturated rings. The van der Waals surface area contributed by atoms with Gasteiger partial charge < -0.3 is 4.74 Å². The molecule has 0 spiro atoms. The van der Waals surface area contributed by atoms with E-state index in [4.69, 9.17) is 4.74 Å². The molecule has 0 aromatic heterocycles. The van der Waals surface area contributed by atoms with Crippen molar-refractivity contribution in [3.05, 3.63) is 70.8 Å². The SMILES string of the molecule is COc1ccc(/C=C/CCCc2ccc(CC(C)C)cc2C)cc1. The summed E-state index contributed by atoms with van der Waals surface area (Å²) in [6.07, 6.45) is 9.09. The Kier molecular flexibility index (Phi) is 7.11. The largest absolute Gasteiger partial charge is 0.497 e. The van der Waals surface area contributed by atoms with Crippen molar-refractivity contribution in [2.45, 2.75) is 46.5 Å². The third-order valence-corrected chi connectivity index (χ3v) is 4.29. The van der Waals surface area contributed by atoms with Crippen LogP contribution in [0.1, 0.15) is 48.9 Å². The molecular formula is C23H30O. The molecule has 0 N–H and O–H groups in total. The van der Waals surface area contributed by atoms with Crippen LogP contribution in [-0.2, 0) is 12.8 Å². The maximum Gasteiger partial charge on any atom is 0.118 e. The smallest absolute Gasteiger partial charge is 0.118 e. The van der Waals surface area contributed by atoms with Gasteiger partial charge >= 0.3 is 0 Å². The number of unbranched alkanes of at least 4 members (excludes halogenated alkanes) is 1. The summed E-state index contributed by atoms with van der Waals surface area (Å²) in [5, 5.41) is 0. The summed E-state index contributed by atoms with van der Waals surface area (Å²) in [5.74, 6) is 1.63. The second-order valence-electron chi connectivity index (χ2n) is 6.93. The first-order valence-electron chi connectivity index (χ1n) is 8.97. The zero-order valence-corrected chi connectivity index (χ0v) is 15.5. The summed E-state index contributed by atoms with van der Waals surface area (Å²) in [7, 11) is 1.70. The lowest BCUT2D eigenvalue weighted by Gasteiger charge is -2.10. The zero-order valence-electron chi connectivity index (χ0n) is 15.5. The Morgan fingerprint density at radius 2 is 1.79 bits per heavy atom. The molecular weight excluding hydrogens is 292 g/mol. The van der Waals surface area contributed by atoms with Crippen LogP contribution < -0.4 is 4.74 Å². The van der Waals surface area contributed by atoms with E-state index in [-0.39, 0.29) is 0 Å². The standard InChI is InChI=1S/C23H30O/c1-18(2)16-21-10-13-22(19(3)17-21)9-7-5-6-8-20-11-14-23(24-4)15-12-20/h6,8,10-15,17-18H,5,7,9,16H2,1-4H3/b8-6+. The van der Waals surface area contributed by atoms with E-state index in [0.717, 1.165) is 24.5 Å². The van der Waals surface area contributed by atoms with E-state index in [1.807, 2.05) is 12.1 Å². The van der Waals surface area contributed by atoms with Gasteiger partial charge in [-0.2, -0.15) is 0 Å². The topological polar surface area (TPSA) is 9.23 Å². The molecule has 0 aliphatic carbocycles.